The van der Waals surface area contributed by atoms with Crippen LogP contribution in [0.2, 0.25) is 0 Å². The van der Waals surface area contributed by atoms with Gasteiger partial charge in [0.05, 0.1) is 18.8 Å². The second-order valence-corrected chi connectivity index (χ2v) is 5.99. The molecule has 0 aliphatic carbocycles. The average molecular weight is 332 g/mol. The van der Waals surface area contributed by atoms with Crippen LogP contribution in [-0.4, -0.2) is 55.5 Å². The summed E-state index contributed by atoms with van der Waals surface area (Å²) in [7, 11) is 1.69. The van der Waals surface area contributed by atoms with Crippen LogP contribution in [0, 0.1) is 0 Å². The van der Waals surface area contributed by atoms with E-state index in [4.69, 9.17) is 0 Å². The first kappa shape index (κ1) is 16.2. The lowest BCUT2D eigenvalue weighted by Crippen LogP contribution is -2.46. The number of rotatable bonds is 3. The number of hydrogen-bond donors (Lipinski definition) is 1. The fourth-order valence-electron chi connectivity index (χ4n) is 3.13. The van der Waals surface area contributed by atoms with Gasteiger partial charge in [-0.1, -0.05) is 0 Å². The molecule has 1 aliphatic rings. The van der Waals surface area contributed by atoms with Gasteiger partial charge in [0.15, 0.2) is 5.65 Å². The molecule has 128 valence electrons. The second kappa shape index (κ2) is 6.42. The zero-order valence-corrected chi connectivity index (χ0v) is 13.7. The molecular formula is C15H20N6O3. The number of carbonyl (C=O) groups is 2. The summed E-state index contributed by atoms with van der Waals surface area (Å²) in [5.41, 5.74) is 1.09. The van der Waals surface area contributed by atoms with Crippen molar-refractivity contribution >= 4 is 23.0 Å². The number of carbonyl (C=O) groups excluding carboxylic acids is 2. The summed E-state index contributed by atoms with van der Waals surface area (Å²) in [5, 5.41) is 2.52. The first-order chi connectivity index (χ1) is 11.5. The summed E-state index contributed by atoms with van der Waals surface area (Å²) in [5.74, 6) is -0.378. The Morgan fingerprint density at radius 2 is 2.21 bits per heavy atom. The summed E-state index contributed by atoms with van der Waals surface area (Å²) in [4.78, 5) is 45.7. The van der Waals surface area contributed by atoms with Crippen molar-refractivity contribution < 1.29 is 9.59 Å². The molecule has 0 bridgehead atoms. The van der Waals surface area contributed by atoms with Crippen LogP contribution >= 0.6 is 0 Å². The average Bonchev–Trinajstić information content (AvgIpc) is 2.84. The second-order valence-electron chi connectivity index (χ2n) is 5.99. The van der Waals surface area contributed by atoms with E-state index >= 15 is 0 Å². The summed E-state index contributed by atoms with van der Waals surface area (Å²) in [6.45, 7) is 2.42. The number of fused-ring (bicyclic) bond motifs is 1. The van der Waals surface area contributed by atoms with E-state index in [2.05, 4.69) is 15.3 Å². The molecule has 0 aromatic carbocycles. The molecule has 3 rings (SSSR count). The molecule has 1 atom stereocenters. The Hall–Kier alpha value is -2.71. The van der Waals surface area contributed by atoms with E-state index in [1.54, 1.807) is 22.7 Å². The minimum absolute atomic E-state index is 0.0192. The maximum Gasteiger partial charge on any atom is 0.330 e. The van der Waals surface area contributed by atoms with Crippen LogP contribution in [0.5, 0.6) is 0 Å². The van der Waals surface area contributed by atoms with Crippen LogP contribution < -0.4 is 11.0 Å². The molecule has 1 fully saturated rings. The van der Waals surface area contributed by atoms with Gasteiger partial charge in [-0.05, 0) is 12.8 Å². The molecule has 0 saturated carbocycles. The number of amides is 2. The Morgan fingerprint density at radius 1 is 1.42 bits per heavy atom. The minimum Gasteiger partial charge on any atom is -0.347 e. The molecule has 0 radical (unpaired) electrons. The van der Waals surface area contributed by atoms with E-state index in [0.29, 0.717) is 24.3 Å². The zero-order chi connectivity index (χ0) is 17.3. The van der Waals surface area contributed by atoms with E-state index in [-0.39, 0.29) is 30.1 Å². The molecule has 2 amide bonds. The highest BCUT2D eigenvalue weighted by Gasteiger charge is 2.28. The van der Waals surface area contributed by atoms with Gasteiger partial charge in [0.25, 0.3) is 0 Å². The smallest absolute Gasteiger partial charge is 0.330 e. The highest BCUT2D eigenvalue weighted by molar-refractivity contribution is 5.83. The van der Waals surface area contributed by atoms with Crippen LogP contribution in [0.3, 0.4) is 0 Å². The predicted octanol–water partition coefficient (Wildman–Crippen LogP) is -0.570. The van der Waals surface area contributed by atoms with Crippen molar-refractivity contribution in [1.82, 2.24) is 29.3 Å². The number of likely N-dealkylation sites (tertiary alicyclic amines) is 1. The van der Waals surface area contributed by atoms with Crippen molar-refractivity contribution in [2.45, 2.75) is 25.8 Å². The lowest BCUT2D eigenvalue weighted by Gasteiger charge is -2.33. The Labute approximate surface area is 138 Å². The highest BCUT2D eigenvalue weighted by Crippen LogP contribution is 2.23. The number of nitrogens with zero attached hydrogens (tertiary/aromatic N) is 5. The SMILES string of the molecule is CC(=O)NCC(=O)N1CCC[C@@H](n2c(=O)n(C)c3cncnc32)C1. The van der Waals surface area contributed by atoms with Gasteiger partial charge in [0, 0.05) is 27.1 Å². The maximum absolute atomic E-state index is 12.6. The molecule has 0 spiro atoms. The van der Waals surface area contributed by atoms with E-state index < -0.39 is 0 Å². The fraction of sp³-hybridized carbons (Fsp3) is 0.533. The van der Waals surface area contributed by atoms with E-state index in [9.17, 15) is 14.4 Å². The first-order valence-corrected chi connectivity index (χ1v) is 7.88. The van der Waals surface area contributed by atoms with Crippen molar-refractivity contribution in [2.75, 3.05) is 19.6 Å². The lowest BCUT2D eigenvalue weighted by atomic mass is 10.1. The monoisotopic (exact) mass is 332 g/mol. The molecule has 9 nitrogen and oxygen atoms in total. The number of aryl methyl sites for hydroxylation is 1. The van der Waals surface area contributed by atoms with Gasteiger partial charge in [-0.25, -0.2) is 14.8 Å². The van der Waals surface area contributed by atoms with Crippen LogP contribution in [0.15, 0.2) is 17.3 Å². The first-order valence-electron chi connectivity index (χ1n) is 7.88. The Bertz CT molecular complexity index is 839. The Balaban J connectivity index is 1.86. The highest BCUT2D eigenvalue weighted by atomic mass is 16.2. The van der Waals surface area contributed by atoms with E-state index in [1.165, 1.54) is 17.8 Å². The van der Waals surface area contributed by atoms with Gasteiger partial charge >= 0.3 is 5.69 Å². The Morgan fingerprint density at radius 3 is 2.96 bits per heavy atom. The van der Waals surface area contributed by atoms with Crippen molar-refractivity contribution in [1.29, 1.82) is 0 Å². The molecule has 1 saturated heterocycles. The molecule has 0 unspecified atom stereocenters. The maximum atomic E-state index is 12.6. The normalized spacial score (nSPS) is 17.9. The minimum atomic E-state index is -0.237. The quantitative estimate of drug-likeness (QED) is 0.811. The van der Waals surface area contributed by atoms with E-state index in [0.717, 1.165) is 12.8 Å². The largest absolute Gasteiger partial charge is 0.347 e. The zero-order valence-electron chi connectivity index (χ0n) is 13.7. The van der Waals surface area contributed by atoms with Crippen LogP contribution in [0.4, 0.5) is 0 Å². The molecule has 3 heterocycles. The van der Waals surface area contributed by atoms with Crippen LogP contribution in [0.1, 0.15) is 25.8 Å². The third-order valence-electron chi connectivity index (χ3n) is 4.36. The van der Waals surface area contributed by atoms with Gasteiger partial charge in [-0.2, -0.15) is 0 Å². The van der Waals surface area contributed by atoms with Gasteiger partial charge in [0.1, 0.15) is 11.8 Å². The number of aromatic nitrogens is 4. The third-order valence-corrected chi connectivity index (χ3v) is 4.36. The van der Waals surface area contributed by atoms with Crippen LogP contribution in [-0.2, 0) is 16.6 Å². The molecule has 24 heavy (non-hydrogen) atoms. The third kappa shape index (κ3) is 2.89. The van der Waals surface area contributed by atoms with Gasteiger partial charge in [0.2, 0.25) is 11.8 Å². The molecule has 1 aliphatic heterocycles. The predicted molar refractivity (Wildman–Crippen MR) is 86.3 cm³/mol. The van der Waals surface area contributed by atoms with E-state index in [1.807, 2.05) is 0 Å². The Kier molecular flexibility index (Phi) is 4.32. The van der Waals surface area contributed by atoms with Crippen molar-refractivity contribution in [3.05, 3.63) is 23.0 Å². The molecular weight excluding hydrogens is 312 g/mol. The summed E-state index contributed by atoms with van der Waals surface area (Å²) in [6, 6.07) is -0.133. The van der Waals surface area contributed by atoms with Crippen molar-refractivity contribution in [3.8, 4) is 0 Å². The number of hydrogen-bond acceptors (Lipinski definition) is 5. The summed E-state index contributed by atoms with van der Waals surface area (Å²) in [6.07, 6.45) is 4.63. The molecule has 2 aromatic heterocycles. The fourth-order valence-corrected chi connectivity index (χ4v) is 3.13. The summed E-state index contributed by atoms with van der Waals surface area (Å²) < 4.78 is 3.17. The van der Waals surface area contributed by atoms with Crippen LogP contribution in [0.25, 0.3) is 11.2 Å². The molecule has 9 heteroatoms. The lowest BCUT2D eigenvalue weighted by molar-refractivity contribution is -0.133. The van der Waals surface area contributed by atoms with Gasteiger partial charge in [-0.15, -0.1) is 0 Å². The van der Waals surface area contributed by atoms with Gasteiger partial charge < -0.3 is 10.2 Å². The topological polar surface area (TPSA) is 102 Å². The van der Waals surface area contributed by atoms with Crippen molar-refractivity contribution in [2.24, 2.45) is 7.05 Å². The van der Waals surface area contributed by atoms with Crippen molar-refractivity contribution in [3.63, 3.8) is 0 Å². The standard InChI is InChI=1S/C15H20N6O3/c1-10(22)17-7-13(23)20-5-3-4-11(8-20)21-14-12(6-16-9-18-14)19(2)15(21)24/h6,9,11H,3-5,7-8H2,1-2H3,(H,17,22)/t11-/m1/s1. The summed E-state index contributed by atoms with van der Waals surface area (Å²) >= 11 is 0. The number of piperidine rings is 1. The molecule has 1 N–H and O–H groups in total. The molecule has 2 aromatic rings. The number of nitrogens with one attached hydrogen (secondary N) is 1. The number of imidazole rings is 1. The van der Waals surface area contributed by atoms with Gasteiger partial charge in [-0.3, -0.25) is 18.7 Å².